The van der Waals surface area contributed by atoms with Gasteiger partial charge in [-0.05, 0) is 31.0 Å². The number of carbonyl (C=O) groups excluding carboxylic acids is 1. The predicted octanol–water partition coefficient (Wildman–Crippen LogP) is 2.27. The van der Waals surface area contributed by atoms with Gasteiger partial charge in [0.15, 0.2) is 5.82 Å². The molecule has 5 heteroatoms. The van der Waals surface area contributed by atoms with Crippen LogP contribution in [0.15, 0.2) is 28.9 Å². The SMILES string of the molecule is COC(=O)CNC(C)Cc1ccc2c(F)coc2c1. The number of benzene rings is 1. The second-order valence-electron chi connectivity index (χ2n) is 4.48. The van der Waals surface area contributed by atoms with E-state index in [0.29, 0.717) is 11.0 Å². The van der Waals surface area contributed by atoms with E-state index in [1.54, 1.807) is 6.07 Å². The maximum atomic E-state index is 13.2. The second-order valence-corrected chi connectivity index (χ2v) is 4.48. The van der Waals surface area contributed by atoms with Crippen molar-refractivity contribution in [3.05, 3.63) is 35.8 Å². The van der Waals surface area contributed by atoms with Gasteiger partial charge in [0.2, 0.25) is 0 Å². The van der Waals surface area contributed by atoms with Gasteiger partial charge in [0.25, 0.3) is 0 Å². The van der Waals surface area contributed by atoms with Gasteiger partial charge in [0, 0.05) is 6.04 Å². The number of ether oxygens (including phenoxy) is 1. The van der Waals surface area contributed by atoms with Gasteiger partial charge in [-0.3, -0.25) is 4.79 Å². The fourth-order valence-corrected chi connectivity index (χ4v) is 1.92. The number of hydrogen-bond acceptors (Lipinski definition) is 4. The van der Waals surface area contributed by atoms with Crippen LogP contribution in [0.1, 0.15) is 12.5 Å². The molecule has 0 saturated heterocycles. The molecular formula is C14H16FNO3. The summed E-state index contributed by atoms with van der Waals surface area (Å²) in [4.78, 5) is 11.0. The molecule has 2 aromatic rings. The molecule has 0 fully saturated rings. The number of methoxy groups -OCH3 is 1. The summed E-state index contributed by atoms with van der Waals surface area (Å²) in [6, 6.07) is 5.49. The molecule has 1 atom stereocenters. The van der Waals surface area contributed by atoms with Gasteiger partial charge >= 0.3 is 5.97 Å². The summed E-state index contributed by atoms with van der Waals surface area (Å²) in [5, 5.41) is 3.54. The summed E-state index contributed by atoms with van der Waals surface area (Å²) in [7, 11) is 1.36. The van der Waals surface area contributed by atoms with Gasteiger partial charge < -0.3 is 14.5 Å². The van der Waals surface area contributed by atoms with Gasteiger partial charge in [-0.25, -0.2) is 4.39 Å². The Balaban J connectivity index is 1.98. The number of halogens is 1. The molecule has 4 nitrogen and oxygen atoms in total. The lowest BCUT2D eigenvalue weighted by atomic mass is 10.1. The minimum atomic E-state index is -0.349. The van der Waals surface area contributed by atoms with Crippen molar-refractivity contribution >= 4 is 16.9 Å². The molecule has 2 rings (SSSR count). The van der Waals surface area contributed by atoms with Crippen LogP contribution in [0, 0.1) is 5.82 Å². The molecule has 0 spiro atoms. The Morgan fingerprint density at radius 1 is 1.53 bits per heavy atom. The lowest BCUT2D eigenvalue weighted by Crippen LogP contribution is -2.33. The molecule has 19 heavy (non-hydrogen) atoms. The number of carbonyl (C=O) groups is 1. The van der Waals surface area contributed by atoms with E-state index in [1.807, 2.05) is 19.1 Å². The average molecular weight is 265 g/mol. The third kappa shape index (κ3) is 3.32. The fourth-order valence-electron chi connectivity index (χ4n) is 1.92. The van der Waals surface area contributed by atoms with Crippen molar-refractivity contribution in [2.75, 3.05) is 13.7 Å². The van der Waals surface area contributed by atoms with E-state index in [-0.39, 0.29) is 24.4 Å². The van der Waals surface area contributed by atoms with E-state index in [0.717, 1.165) is 18.2 Å². The fraction of sp³-hybridized carbons (Fsp3) is 0.357. The molecule has 0 amide bonds. The van der Waals surface area contributed by atoms with E-state index in [1.165, 1.54) is 7.11 Å². The Morgan fingerprint density at radius 3 is 3.05 bits per heavy atom. The normalized spacial score (nSPS) is 12.6. The summed E-state index contributed by atoms with van der Waals surface area (Å²) < 4.78 is 22.9. The molecule has 1 heterocycles. The molecule has 0 saturated carbocycles. The zero-order valence-corrected chi connectivity index (χ0v) is 10.9. The lowest BCUT2D eigenvalue weighted by molar-refractivity contribution is -0.139. The van der Waals surface area contributed by atoms with Crippen molar-refractivity contribution in [1.82, 2.24) is 5.32 Å². The van der Waals surface area contributed by atoms with Gasteiger partial charge in [-0.1, -0.05) is 6.07 Å². The first-order valence-corrected chi connectivity index (χ1v) is 6.06. The number of furan rings is 1. The van der Waals surface area contributed by atoms with E-state index in [2.05, 4.69) is 10.1 Å². The Hall–Kier alpha value is -1.88. The summed E-state index contributed by atoms with van der Waals surface area (Å²) in [5.41, 5.74) is 1.56. The molecule has 0 aliphatic heterocycles. The first-order valence-electron chi connectivity index (χ1n) is 6.06. The summed E-state index contributed by atoms with van der Waals surface area (Å²) in [6.07, 6.45) is 1.82. The van der Waals surface area contributed by atoms with Gasteiger partial charge in [0.05, 0.1) is 19.0 Å². The van der Waals surface area contributed by atoms with E-state index >= 15 is 0 Å². The first kappa shape index (κ1) is 13.5. The molecular weight excluding hydrogens is 249 g/mol. The third-order valence-electron chi connectivity index (χ3n) is 2.96. The van der Waals surface area contributed by atoms with Crippen LogP contribution in [0.2, 0.25) is 0 Å². The Morgan fingerprint density at radius 2 is 2.32 bits per heavy atom. The number of esters is 1. The maximum Gasteiger partial charge on any atom is 0.319 e. The van der Waals surface area contributed by atoms with Crippen molar-refractivity contribution in [2.45, 2.75) is 19.4 Å². The highest BCUT2D eigenvalue weighted by Crippen LogP contribution is 2.21. The Bertz CT molecular complexity index is 579. The molecule has 0 bridgehead atoms. The van der Waals surface area contributed by atoms with Crippen LogP contribution in [0.4, 0.5) is 4.39 Å². The molecule has 1 unspecified atom stereocenters. The smallest absolute Gasteiger partial charge is 0.319 e. The summed E-state index contributed by atoms with van der Waals surface area (Å²) in [5.74, 6) is -0.645. The van der Waals surface area contributed by atoms with Crippen molar-refractivity contribution in [2.24, 2.45) is 0 Å². The molecule has 1 aromatic heterocycles. The molecule has 1 aromatic carbocycles. The number of rotatable bonds is 5. The van der Waals surface area contributed by atoms with Crippen LogP contribution >= 0.6 is 0 Å². The van der Waals surface area contributed by atoms with Crippen molar-refractivity contribution < 1.29 is 18.3 Å². The van der Waals surface area contributed by atoms with E-state index in [4.69, 9.17) is 4.42 Å². The van der Waals surface area contributed by atoms with Crippen molar-refractivity contribution in [3.63, 3.8) is 0 Å². The highest BCUT2D eigenvalue weighted by molar-refractivity contribution is 5.78. The average Bonchev–Trinajstić information content (AvgIpc) is 2.77. The molecule has 0 aliphatic rings. The number of hydrogen-bond donors (Lipinski definition) is 1. The monoisotopic (exact) mass is 265 g/mol. The van der Waals surface area contributed by atoms with Gasteiger partial charge in [-0.2, -0.15) is 0 Å². The van der Waals surface area contributed by atoms with E-state index < -0.39 is 0 Å². The minimum Gasteiger partial charge on any atom is -0.468 e. The second kappa shape index (κ2) is 5.84. The number of fused-ring (bicyclic) bond motifs is 1. The van der Waals surface area contributed by atoms with Crippen LogP contribution in [-0.2, 0) is 16.0 Å². The lowest BCUT2D eigenvalue weighted by Gasteiger charge is -2.12. The standard InChI is InChI=1S/C14H16FNO3/c1-9(16-7-14(17)18-2)5-10-3-4-11-12(15)8-19-13(11)6-10/h3-4,6,8-9,16H,5,7H2,1-2H3. The van der Waals surface area contributed by atoms with Crippen molar-refractivity contribution in [3.8, 4) is 0 Å². The largest absolute Gasteiger partial charge is 0.468 e. The summed E-state index contributed by atoms with van der Waals surface area (Å²) in [6.45, 7) is 2.14. The topological polar surface area (TPSA) is 51.5 Å². The summed E-state index contributed by atoms with van der Waals surface area (Å²) >= 11 is 0. The van der Waals surface area contributed by atoms with Crippen LogP contribution in [0.5, 0.6) is 0 Å². The predicted molar refractivity (Wildman–Crippen MR) is 69.4 cm³/mol. The van der Waals surface area contributed by atoms with Crippen LogP contribution in [0.3, 0.4) is 0 Å². The van der Waals surface area contributed by atoms with Crippen LogP contribution < -0.4 is 5.32 Å². The van der Waals surface area contributed by atoms with E-state index in [9.17, 15) is 9.18 Å². The molecule has 0 aliphatic carbocycles. The zero-order valence-electron chi connectivity index (χ0n) is 10.9. The van der Waals surface area contributed by atoms with Crippen LogP contribution in [0.25, 0.3) is 11.0 Å². The number of nitrogens with one attached hydrogen (secondary N) is 1. The third-order valence-corrected chi connectivity index (χ3v) is 2.96. The van der Waals surface area contributed by atoms with Gasteiger partial charge in [-0.15, -0.1) is 0 Å². The minimum absolute atomic E-state index is 0.108. The van der Waals surface area contributed by atoms with Crippen molar-refractivity contribution in [1.29, 1.82) is 0 Å². The highest BCUT2D eigenvalue weighted by atomic mass is 19.1. The van der Waals surface area contributed by atoms with Crippen LogP contribution in [-0.4, -0.2) is 25.7 Å². The quantitative estimate of drug-likeness (QED) is 0.843. The molecule has 102 valence electrons. The zero-order chi connectivity index (χ0) is 13.8. The first-order chi connectivity index (χ1) is 9.10. The van der Waals surface area contributed by atoms with Gasteiger partial charge in [0.1, 0.15) is 11.8 Å². The maximum absolute atomic E-state index is 13.2. The molecule has 1 N–H and O–H groups in total. The molecule has 0 radical (unpaired) electrons. The Labute approximate surface area is 110 Å². The highest BCUT2D eigenvalue weighted by Gasteiger charge is 2.09. The Kier molecular flexibility index (Phi) is 4.16.